The van der Waals surface area contributed by atoms with Crippen molar-refractivity contribution in [2.75, 3.05) is 39.4 Å². The molecular formula is C24H26N4O5. The minimum atomic E-state index is -0.846. The Balaban J connectivity index is 1.51. The smallest absolute Gasteiger partial charge is 0.295 e. The summed E-state index contributed by atoms with van der Waals surface area (Å²) in [4.78, 5) is 33.5. The Labute approximate surface area is 190 Å². The number of likely N-dealkylation sites (tertiary alicyclic amines) is 1. The molecule has 2 saturated heterocycles. The van der Waals surface area contributed by atoms with Crippen molar-refractivity contribution in [2.24, 2.45) is 0 Å². The van der Waals surface area contributed by atoms with Gasteiger partial charge in [0.05, 0.1) is 37.4 Å². The van der Waals surface area contributed by atoms with Crippen LogP contribution in [0.25, 0.3) is 11.4 Å². The number of carbonyl (C=O) groups is 2. The van der Waals surface area contributed by atoms with E-state index in [0.29, 0.717) is 30.1 Å². The molecule has 2 aliphatic heterocycles. The molecule has 5 rings (SSSR count). The third-order valence-corrected chi connectivity index (χ3v) is 6.39. The van der Waals surface area contributed by atoms with Gasteiger partial charge in [0.25, 0.3) is 5.91 Å². The summed E-state index contributed by atoms with van der Waals surface area (Å²) in [6.45, 7) is 6.28. The SMILES string of the molecule is Cc1nc2ccccn2c1/C([O-])=C1\C(=O)C(=O)N(CCC[NH+]2CCOCC2)C1c1ccco1. The van der Waals surface area contributed by atoms with Crippen molar-refractivity contribution < 1.29 is 28.7 Å². The Morgan fingerprint density at radius 1 is 1.21 bits per heavy atom. The fraction of sp³-hybridized carbons (Fsp3) is 0.375. The number of hydrogen-bond donors (Lipinski definition) is 1. The normalized spacial score (nSPS) is 21.4. The first kappa shape index (κ1) is 21.4. The van der Waals surface area contributed by atoms with Crippen molar-refractivity contribution in [2.45, 2.75) is 19.4 Å². The van der Waals surface area contributed by atoms with Crippen LogP contribution in [0.1, 0.15) is 29.6 Å². The number of amides is 1. The lowest BCUT2D eigenvalue weighted by Crippen LogP contribution is -3.14. The fourth-order valence-corrected chi connectivity index (χ4v) is 4.77. The lowest BCUT2D eigenvalue weighted by atomic mass is 10.0. The van der Waals surface area contributed by atoms with E-state index in [0.717, 1.165) is 32.8 Å². The molecule has 1 amide bonds. The predicted octanol–water partition coefficient (Wildman–Crippen LogP) is -0.235. The highest BCUT2D eigenvalue weighted by Gasteiger charge is 2.45. The van der Waals surface area contributed by atoms with Gasteiger partial charge in [-0.05, 0) is 31.2 Å². The second kappa shape index (κ2) is 8.84. The Morgan fingerprint density at radius 3 is 2.79 bits per heavy atom. The summed E-state index contributed by atoms with van der Waals surface area (Å²) in [6.07, 6.45) is 3.93. The number of ketones is 1. The number of pyridine rings is 1. The summed E-state index contributed by atoms with van der Waals surface area (Å²) in [7, 11) is 0. The van der Waals surface area contributed by atoms with Crippen LogP contribution in [0.5, 0.6) is 0 Å². The maximum Gasteiger partial charge on any atom is 0.295 e. The number of carbonyl (C=O) groups excluding carboxylic acids is 2. The van der Waals surface area contributed by atoms with Crippen molar-refractivity contribution in [3.8, 4) is 0 Å². The molecule has 33 heavy (non-hydrogen) atoms. The maximum absolute atomic E-state index is 13.7. The molecule has 0 aliphatic carbocycles. The maximum atomic E-state index is 13.7. The van der Waals surface area contributed by atoms with Gasteiger partial charge in [-0.1, -0.05) is 11.8 Å². The minimum absolute atomic E-state index is 0.0811. The van der Waals surface area contributed by atoms with Gasteiger partial charge in [0.1, 0.15) is 30.5 Å². The highest BCUT2D eigenvalue weighted by atomic mass is 16.5. The van der Waals surface area contributed by atoms with Crippen molar-refractivity contribution in [1.82, 2.24) is 14.3 Å². The number of rotatable bonds is 6. The minimum Gasteiger partial charge on any atom is -0.871 e. The van der Waals surface area contributed by atoms with Gasteiger partial charge in [-0.25, -0.2) is 4.98 Å². The van der Waals surface area contributed by atoms with Crippen LogP contribution in [0.4, 0.5) is 0 Å². The van der Waals surface area contributed by atoms with Crippen LogP contribution in [-0.4, -0.2) is 65.4 Å². The standard InChI is InChI=1S/C24H26N4O5/c1-16-20(27-9-3-2-7-18(27)25-16)22(29)19-21(17-6-4-13-33-17)28(24(31)23(19)30)10-5-8-26-11-14-32-15-12-26/h2-4,6-7,9,13,21,29H,5,8,10-12,14-15H2,1H3/b22-19+. The average molecular weight is 450 g/mol. The first-order valence-electron chi connectivity index (χ1n) is 11.2. The third kappa shape index (κ3) is 3.83. The van der Waals surface area contributed by atoms with E-state index < -0.39 is 23.5 Å². The number of imidazole rings is 1. The number of aryl methyl sites for hydroxylation is 1. The van der Waals surface area contributed by atoms with Gasteiger partial charge < -0.3 is 28.5 Å². The van der Waals surface area contributed by atoms with Crippen LogP contribution in [0.2, 0.25) is 0 Å². The molecule has 1 N–H and O–H groups in total. The molecule has 3 aromatic heterocycles. The van der Waals surface area contributed by atoms with E-state index in [1.54, 1.807) is 41.8 Å². The first-order chi connectivity index (χ1) is 16.1. The Hall–Kier alpha value is -3.43. The average Bonchev–Trinajstić information content (AvgIpc) is 3.52. The molecule has 2 aliphatic rings. The van der Waals surface area contributed by atoms with Crippen molar-refractivity contribution in [1.29, 1.82) is 0 Å². The van der Waals surface area contributed by atoms with Crippen molar-refractivity contribution in [3.05, 3.63) is 65.5 Å². The molecule has 2 fully saturated rings. The summed E-state index contributed by atoms with van der Waals surface area (Å²) in [6, 6.07) is 7.96. The van der Waals surface area contributed by atoms with Gasteiger partial charge in [-0.15, -0.1) is 0 Å². The number of furan rings is 1. The van der Waals surface area contributed by atoms with Crippen LogP contribution >= 0.6 is 0 Å². The Kier molecular flexibility index (Phi) is 5.74. The van der Waals surface area contributed by atoms with Crippen LogP contribution in [-0.2, 0) is 14.3 Å². The highest BCUT2D eigenvalue weighted by molar-refractivity contribution is 6.46. The van der Waals surface area contributed by atoms with E-state index in [2.05, 4.69) is 4.98 Å². The third-order valence-electron chi connectivity index (χ3n) is 6.39. The zero-order valence-electron chi connectivity index (χ0n) is 18.5. The van der Waals surface area contributed by atoms with Gasteiger partial charge >= 0.3 is 0 Å². The Bertz CT molecular complexity index is 1210. The van der Waals surface area contributed by atoms with Gasteiger partial charge in [0.15, 0.2) is 0 Å². The van der Waals surface area contributed by atoms with Crippen molar-refractivity contribution >= 4 is 23.1 Å². The number of quaternary nitrogens is 1. The molecule has 1 atom stereocenters. The number of morpholine rings is 1. The summed E-state index contributed by atoms with van der Waals surface area (Å²) in [5.74, 6) is -1.52. The molecule has 9 heteroatoms. The predicted molar refractivity (Wildman–Crippen MR) is 116 cm³/mol. The quantitative estimate of drug-likeness (QED) is 0.316. The lowest BCUT2D eigenvalue weighted by molar-refractivity contribution is -0.908. The number of aromatic nitrogens is 2. The monoisotopic (exact) mass is 450 g/mol. The van der Waals surface area contributed by atoms with Crippen LogP contribution in [0.3, 0.4) is 0 Å². The second-order valence-electron chi connectivity index (χ2n) is 8.43. The number of Topliss-reactive ketones (excluding diaryl/α,β-unsaturated/α-hetero) is 1. The van der Waals surface area contributed by atoms with Crippen LogP contribution < -0.4 is 10.0 Å². The molecule has 1 unspecified atom stereocenters. The molecule has 5 heterocycles. The van der Waals surface area contributed by atoms with E-state index in [4.69, 9.17) is 9.15 Å². The molecule has 9 nitrogen and oxygen atoms in total. The van der Waals surface area contributed by atoms with E-state index in [1.165, 1.54) is 16.1 Å². The van der Waals surface area contributed by atoms with E-state index in [1.807, 2.05) is 6.07 Å². The molecule has 0 radical (unpaired) electrons. The van der Waals surface area contributed by atoms with Gasteiger partial charge in [0, 0.05) is 24.7 Å². The fourth-order valence-electron chi connectivity index (χ4n) is 4.77. The number of hydrogen-bond acceptors (Lipinski definition) is 6. The lowest BCUT2D eigenvalue weighted by Gasteiger charge is -2.27. The van der Waals surface area contributed by atoms with E-state index >= 15 is 0 Å². The van der Waals surface area contributed by atoms with Crippen LogP contribution in [0.15, 0.2) is 52.8 Å². The van der Waals surface area contributed by atoms with E-state index in [-0.39, 0.29) is 11.3 Å². The topological polar surface area (TPSA) is 105 Å². The largest absolute Gasteiger partial charge is 0.871 e. The molecular weight excluding hydrogens is 424 g/mol. The number of fused-ring (bicyclic) bond motifs is 1. The second-order valence-corrected chi connectivity index (χ2v) is 8.43. The Morgan fingerprint density at radius 2 is 2.03 bits per heavy atom. The van der Waals surface area contributed by atoms with Gasteiger partial charge in [-0.2, -0.15) is 0 Å². The van der Waals surface area contributed by atoms with Gasteiger partial charge in [0.2, 0.25) is 5.78 Å². The van der Waals surface area contributed by atoms with Crippen LogP contribution in [0, 0.1) is 6.92 Å². The van der Waals surface area contributed by atoms with Gasteiger partial charge in [-0.3, -0.25) is 9.59 Å². The summed E-state index contributed by atoms with van der Waals surface area (Å²) in [5.41, 5.74) is 1.32. The summed E-state index contributed by atoms with van der Waals surface area (Å²) in [5, 5.41) is 13.7. The molecule has 3 aromatic rings. The molecule has 0 spiro atoms. The van der Waals surface area contributed by atoms with E-state index in [9.17, 15) is 14.7 Å². The zero-order chi connectivity index (χ0) is 22.9. The number of nitrogens with zero attached hydrogens (tertiary/aromatic N) is 3. The molecule has 0 saturated carbocycles. The summed E-state index contributed by atoms with van der Waals surface area (Å²) >= 11 is 0. The summed E-state index contributed by atoms with van der Waals surface area (Å²) < 4.78 is 12.7. The highest BCUT2D eigenvalue weighted by Crippen LogP contribution is 2.39. The first-order valence-corrected chi connectivity index (χ1v) is 11.2. The molecule has 0 bridgehead atoms. The molecule has 0 aromatic carbocycles. The zero-order valence-corrected chi connectivity index (χ0v) is 18.5. The number of nitrogens with one attached hydrogen (secondary N) is 1. The number of ether oxygens (including phenoxy) is 1. The van der Waals surface area contributed by atoms with Crippen molar-refractivity contribution in [3.63, 3.8) is 0 Å². The molecule has 172 valence electrons.